The Morgan fingerprint density at radius 3 is 2.18 bits per heavy atom. The molecule has 2 bridgehead atoms. The maximum Gasteiger partial charge on any atom is 0.338 e. The van der Waals surface area contributed by atoms with Gasteiger partial charge in [0.1, 0.15) is 11.9 Å². The predicted molar refractivity (Wildman–Crippen MR) is 156 cm³/mol. The van der Waals surface area contributed by atoms with Crippen LogP contribution in [-0.4, -0.2) is 41.6 Å². The van der Waals surface area contributed by atoms with Crippen molar-refractivity contribution < 1.29 is 19.1 Å². The lowest BCUT2D eigenvalue weighted by molar-refractivity contribution is 0.0359. The second kappa shape index (κ2) is 12.3. The highest BCUT2D eigenvalue weighted by Gasteiger charge is 2.44. The average Bonchev–Trinajstić information content (AvgIpc) is 3.22. The molecule has 2 atom stereocenters. The normalized spacial score (nSPS) is 20.2. The highest BCUT2D eigenvalue weighted by atomic mass is 32.2. The van der Waals surface area contributed by atoms with Gasteiger partial charge in [0, 0.05) is 41.1 Å². The summed E-state index contributed by atoms with van der Waals surface area (Å²) in [5, 5.41) is 0. The summed E-state index contributed by atoms with van der Waals surface area (Å²) in [5.41, 5.74) is 3.89. The first-order valence-electron chi connectivity index (χ1n) is 14.0. The molecule has 2 aliphatic rings. The van der Waals surface area contributed by atoms with Gasteiger partial charge in [-0.05, 0) is 79.3 Å². The van der Waals surface area contributed by atoms with E-state index in [1.54, 1.807) is 19.1 Å². The van der Waals surface area contributed by atoms with Crippen LogP contribution in [0.2, 0.25) is 0 Å². The molecule has 0 radical (unpaired) electrons. The second-order valence-corrected chi connectivity index (χ2v) is 11.7. The second-order valence-electron chi connectivity index (χ2n) is 10.7. The SMILES string of the molecule is CCOC(=O)c1ccc(OC2CC3CCC(C2)N3C(=O)c2ccc(CSc3ccccc3C(C)C)cc2)cc1. The molecule has 2 saturated heterocycles. The van der Waals surface area contributed by atoms with E-state index in [-0.39, 0.29) is 30.1 Å². The molecule has 0 aromatic heterocycles. The molecular formula is C33H37NO4S. The van der Waals surface area contributed by atoms with Gasteiger partial charge in [0.05, 0.1) is 12.2 Å². The van der Waals surface area contributed by atoms with Crippen LogP contribution in [0.15, 0.2) is 77.7 Å². The van der Waals surface area contributed by atoms with E-state index in [1.807, 2.05) is 36.0 Å². The van der Waals surface area contributed by atoms with Crippen LogP contribution in [-0.2, 0) is 10.5 Å². The number of hydrogen-bond acceptors (Lipinski definition) is 5. The van der Waals surface area contributed by atoms with E-state index < -0.39 is 0 Å². The first-order chi connectivity index (χ1) is 18.9. The maximum atomic E-state index is 13.5. The number of benzene rings is 3. The zero-order valence-corrected chi connectivity index (χ0v) is 23.8. The van der Waals surface area contributed by atoms with Crippen molar-refractivity contribution in [2.24, 2.45) is 0 Å². The van der Waals surface area contributed by atoms with Gasteiger partial charge >= 0.3 is 5.97 Å². The van der Waals surface area contributed by atoms with Crippen molar-refractivity contribution in [3.63, 3.8) is 0 Å². The fourth-order valence-corrected chi connectivity index (χ4v) is 6.93. The molecule has 39 heavy (non-hydrogen) atoms. The minimum atomic E-state index is -0.322. The van der Waals surface area contributed by atoms with Crippen LogP contribution in [0.4, 0.5) is 0 Å². The Hall–Kier alpha value is -3.25. The number of fused-ring (bicyclic) bond motifs is 2. The molecule has 1 amide bonds. The summed E-state index contributed by atoms with van der Waals surface area (Å²) < 4.78 is 11.3. The number of rotatable bonds is 9. The molecule has 0 spiro atoms. The Morgan fingerprint density at radius 1 is 0.897 bits per heavy atom. The number of piperidine rings is 1. The minimum absolute atomic E-state index is 0.0631. The zero-order valence-electron chi connectivity index (χ0n) is 23.0. The van der Waals surface area contributed by atoms with Gasteiger partial charge in [-0.2, -0.15) is 0 Å². The van der Waals surface area contributed by atoms with Gasteiger partial charge in [-0.25, -0.2) is 4.79 Å². The van der Waals surface area contributed by atoms with Crippen LogP contribution in [0.5, 0.6) is 5.75 Å². The number of amides is 1. The topological polar surface area (TPSA) is 55.8 Å². The van der Waals surface area contributed by atoms with Crippen LogP contribution in [0.25, 0.3) is 0 Å². The predicted octanol–water partition coefficient (Wildman–Crippen LogP) is 7.49. The fraction of sp³-hybridized carbons (Fsp3) is 0.394. The molecule has 0 saturated carbocycles. The van der Waals surface area contributed by atoms with Crippen molar-refractivity contribution in [3.05, 3.63) is 95.1 Å². The third-order valence-corrected chi connectivity index (χ3v) is 8.89. The highest BCUT2D eigenvalue weighted by Crippen LogP contribution is 2.38. The quantitative estimate of drug-likeness (QED) is 0.207. The molecule has 204 valence electrons. The van der Waals surface area contributed by atoms with E-state index in [0.717, 1.165) is 42.7 Å². The standard InChI is InChI=1S/C33H37NO4S/c1-4-37-33(36)25-13-17-28(18-14-25)38-29-19-26-15-16-27(20-29)34(26)32(35)24-11-9-23(10-12-24)21-39-31-8-6-5-7-30(31)22(2)3/h5-14,17-18,22,26-27,29H,4,15-16,19-21H2,1-3H3. The van der Waals surface area contributed by atoms with Gasteiger partial charge in [-0.3, -0.25) is 4.79 Å². The first kappa shape index (κ1) is 27.3. The Bertz CT molecular complexity index is 1270. The number of hydrogen-bond donors (Lipinski definition) is 0. The smallest absolute Gasteiger partial charge is 0.338 e. The molecule has 5 rings (SSSR count). The number of carbonyl (C=O) groups is 2. The third kappa shape index (κ3) is 6.33. The van der Waals surface area contributed by atoms with E-state index in [1.165, 1.54) is 16.0 Å². The number of esters is 1. The molecule has 3 aromatic rings. The lowest BCUT2D eigenvalue weighted by atomic mass is 9.98. The van der Waals surface area contributed by atoms with Crippen LogP contribution < -0.4 is 4.74 Å². The average molecular weight is 544 g/mol. The van der Waals surface area contributed by atoms with Crippen LogP contribution in [0.1, 0.15) is 84.2 Å². The van der Waals surface area contributed by atoms with E-state index in [4.69, 9.17) is 9.47 Å². The van der Waals surface area contributed by atoms with Gasteiger partial charge in [-0.1, -0.05) is 44.2 Å². The summed E-state index contributed by atoms with van der Waals surface area (Å²) in [7, 11) is 0. The van der Waals surface area contributed by atoms with Crippen molar-refractivity contribution in [3.8, 4) is 5.75 Å². The number of carbonyl (C=O) groups excluding carboxylic acids is 2. The van der Waals surface area contributed by atoms with E-state index >= 15 is 0 Å². The Morgan fingerprint density at radius 2 is 1.54 bits per heavy atom. The molecule has 5 nitrogen and oxygen atoms in total. The minimum Gasteiger partial charge on any atom is -0.490 e. The Kier molecular flexibility index (Phi) is 8.61. The molecule has 2 fully saturated rings. The third-order valence-electron chi connectivity index (χ3n) is 7.73. The highest BCUT2D eigenvalue weighted by molar-refractivity contribution is 7.98. The lowest BCUT2D eigenvalue weighted by Gasteiger charge is -2.39. The molecule has 0 aliphatic carbocycles. The van der Waals surface area contributed by atoms with Crippen molar-refractivity contribution in [2.45, 2.75) is 81.2 Å². The van der Waals surface area contributed by atoms with Crippen molar-refractivity contribution in [1.29, 1.82) is 0 Å². The van der Waals surface area contributed by atoms with Crippen molar-refractivity contribution in [2.75, 3.05) is 6.61 Å². The number of nitrogens with zero attached hydrogens (tertiary/aromatic N) is 1. The fourth-order valence-electron chi connectivity index (χ4n) is 5.77. The van der Waals surface area contributed by atoms with Gasteiger partial charge in [-0.15, -0.1) is 11.8 Å². The zero-order chi connectivity index (χ0) is 27.4. The van der Waals surface area contributed by atoms with Gasteiger partial charge in [0.25, 0.3) is 5.91 Å². The van der Waals surface area contributed by atoms with Crippen molar-refractivity contribution >= 4 is 23.6 Å². The Balaban J connectivity index is 1.17. The molecule has 3 aromatic carbocycles. The summed E-state index contributed by atoms with van der Waals surface area (Å²) >= 11 is 1.85. The summed E-state index contributed by atoms with van der Waals surface area (Å²) in [6.07, 6.45) is 3.75. The summed E-state index contributed by atoms with van der Waals surface area (Å²) in [6, 6.07) is 24.3. The Labute approximate surface area is 235 Å². The molecule has 2 aliphatic heterocycles. The number of ether oxygens (including phenoxy) is 2. The summed E-state index contributed by atoms with van der Waals surface area (Å²) in [4.78, 5) is 28.9. The molecule has 2 heterocycles. The van der Waals surface area contributed by atoms with Gasteiger partial charge < -0.3 is 14.4 Å². The summed E-state index contributed by atoms with van der Waals surface area (Å²) in [6.45, 7) is 6.61. The molecule has 0 N–H and O–H groups in total. The molecule has 2 unspecified atom stereocenters. The van der Waals surface area contributed by atoms with Crippen LogP contribution >= 0.6 is 11.8 Å². The van der Waals surface area contributed by atoms with Crippen molar-refractivity contribution in [1.82, 2.24) is 4.90 Å². The van der Waals surface area contributed by atoms with Crippen LogP contribution in [0, 0.1) is 0 Å². The lowest BCUT2D eigenvalue weighted by Crippen LogP contribution is -2.49. The van der Waals surface area contributed by atoms with E-state index in [2.05, 4.69) is 55.1 Å². The van der Waals surface area contributed by atoms with Gasteiger partial charge in [0.2, 0.25) is 0 Å². The number of thioether (sulfide) groups is 1. The molecule has 6 heteroatoms. The maximum absolute atomic E-state index is 13.5. The van der Waals surface area contributed by atoms with Gasteiger partial charge in [0.15, 0.2) is 0 Å². The van der Waals surface area contributed by atoms with E-state index in [9.17, 15) is 9.59 Å². The monoisotopic (exact) mass is 543 g/mol. The first-order valence-corrected chi connectivity index (χ1v) is 15.0. The molecular weight excluding hydrogens is 506 g/mol. The van der Waals surface area contributed by atoms with Crippen LogP contribution in [0.3, 0.4) is 0 Å². The van der Waals surface area contributed by atoms with E-state index in [0.29, 0.717) is 18.1 Å². The summed E-state index contributed by atoms with van der Waals surface area (Å²) in [5.74, 6) is 1.93. The largest absolute Gasteiger partial charge is 0.490 e.